The van der Waals surface area contributed by atoms with Crippen molar-refractivity contribution in [3.63, 3.8) is 0 Å². The number of hydrogen-bond acceptors (Lipinski definition) is 8. The monoisotopic (exact) mass is 435 g/mol. The Bertz CT molecular complexity index is 729. The summed E-state index contributed by atoms with van der Waals surface area (Å²) in [5, 5.41) is 18.7. The maximum Gasteiger partial charge on any atom is 0.498 e. The molecule has 2 fully saturated rings. The van der Waals surface area contributed by atoms with E-state index in [1.165, 1.54) is 0 Å². The van der Waals surface area contributed by atoms with Crippen LogP contribution < -0.4 is 10.2 Å². The molecular formula is C21H34BN3O6. The number of hydrogen-bond donors (Lipinski definition) is 2. The van der Waals surface area contributed by atoms with E-state index in [9.17, 15) is 9.90 Å². The molecule has 9 nitrogen and oxygen atoms in total. The van der Waals surface area contributed by atoms with Crippen LogP contribution in [0.3, 0.4) is 0 Å². The third-order valence-electron chi connectivity index (χ3n) is 6.45. The molecule has 0 aliphatic carbocycles. The standard InChI is InChI=1S/C21H34BN3O6/c1-20(2)21(3,4)31-22(30-20)15-12-23-19(24-13-15)29-11-7-9-16-8-5-6-10-25(16)18(28)17(27)14-26/h12-13,16-17,26-27H,5-11,14H2,1-4H3. The highest BCUT2D eigenvalue weighted by Crippen LogP contribution is 2.36. The average molecular weight is 435 g/mol. The van der Waals surface area contributed by atoms with Crippen LogP contribution >= 0.6 is 0 Å². The predicted molar refractivity (Wildman–Crippen MR) is 115 cm³/mol. The van der Waals surface area contributed by atoms with Crippen LogP contribution in [0.2, 0.25) is 0 Å². The summed E-state index contributed by atoms with van der Waals surface area (Å²) in [6.07, 6.45) is 6.32. The van der Waals surface area contributed by atoms with E-state index < -0.39 is 36.9 Å². The maximum absolute atomic E-state index is 12.3. The summed E-state index contributed by atoms with van der Waals surface area (Å²) < 4.78 is 17.7. The second-order valence-corrected chi connectivity index (χ2v) is 9.26. The second-order valence-electron chi connectivity index (χ2n) is 9.26. The van der Waals surface area contributed by atoms with E-state index in [0.29, 0.717) is 13.2 Å². The fourth-order valence-corrected chi connectivity index (χ4v) is 3.84. The van der Waals surface area contributed by atoms with Gasteiger partial charge in [-0.3, -0.25) is 4.79 Å². The largest absolute Gasteiger partial charge is 0.498 e. The third-order valence-corrected chi connectivity index (χ3v) is 6.45. The van der Waals surface area contributed by atoms with Gasteiger partial charge in [0.05, 0.1) is 24.4 Å². The van der Waals surface area contributed by atoms with Crippen LogP contribution in [0.4, 0.5) is 0 Å². The number of nitrogens with zero attached hydrogens (tertiary/aromatic N) is 3. The van der Waals surface area contributed by atoms with Crippen LogP contribution in [0.5, 0.6) is 6.01 Å². The summed E-state index contributed by atoms with van der Waals surface area (Å²) in [5.74, 6) is -0.394. The van der Waals surface area contributed by atoms with Crippen molar-refractivity contribution in [2.45, 2.75) is 83.1 Å². The molecule has 2 N–H and O–H groups in total. The fraction of sp³-hybridized carbons (Fsp3) is 0.762. The van der Waals surface area contributed by atoms with E-state index in [-0.39, 0.29) is 12.1 Å². The average Bonchev–Trinajstić information content (AvgIpc) is 2.97. The van der Waals surface area contributed by atoms with Crippen LogP contribution in [0.1, 0.15) is 59.8 Å². The molecule has 3 rings (SSSR count). The Hall–Kier alpha value is -1.75. The van der Waals surface area contributed by atoms with Gasteiger partial charge in [0.15, 0.2) is 6.10 Å². The number of aliphatic hydroxyl groups excluding tert-OH is 2. The second kappa shape index (κ2) is 9.81. The zero-order valence-corrected chi connectivity index (χ0v) is 18.9. The molecule has 3 heterocycles. The molecule has 0 saturated carbocycles. The molecule has 0 aromatic carbocycles. The minimum Gasteiger partial charge on any atom is -0.463 e. The molecule has 0 spiro atoms. The highest BCUT2D eigenvalue weighted by molar-refractivity contribution is 6.61. The van der Waals surface area contributed by atoms with Gasteiger partial charge in [0.2, 0.25) is 0 Å². The van der Waals surface area contributed by atoms with Crippen LogP contribution in [-0.4, -0.2) is 81.2 Å². The quantitative estimate of drug-likeness (QED) is 0.453. The van der Waals surface area contributed by atoms with Gasteiger partial charge < -0.3 is 29.2 Å². The Labute approximate surface area is 184 Å². The fourth-order valence-electron chi connectivity index (χ4n) is 3.84. The molecule has 1 amide bonds. The minimum atomic E-state index is -1.34. The van der Waals surface area contributed by atoms with Gasteiger partial charge in [-0.25, -0.2) is 9.97 Å². The van der Waals surface area contributed by atoms with E-state index in [2.05, 4.69) is 9.97 Å². The topological polar surface area (TPSA) is 114 Å². The lowest BCUT2D eigenvalue weighted by Crippen LogP contribution is -2.49. The molecule has 31 heavy (non-hydrogen) atoms. The van der Waals surface area contributed by atoms with Gasteiger partial charge >= 0.3 is 13.1 Å². The summed E-state index contributed by atoms with van der Waals surface area (Å²) in [7, 11) is -0.511. The highest BCUT2D eigenvalue weighted by Gasteiger charge is 2.52. The number of aliphatic hydroxyl groups is 2. The van der Waals surface area contributed by atoms with E-state index >= 15 is 0 Å². The van der Waals surface area contributed by atoms with Gasteiger partial charge in [-0.1, -0.05) is 0 Å². The van der Waals surface area contributed by atoms with Crippen LogP contribution in [0.15, 0.2) is 12.4 Å². The molecule has 2 unspecified atom stereocenters. The van der Waals surface area contributed by atoms with Gasteiger partial charge in [0, 0.05) is 30.4 Å². The Morgan fingerprint density at radius 1 is 1.26 bits per heavy atom. The van der Waals surface area contributed by atoms with Crippen molar-refractivity contribution >= 4 is 18.5 Å². The SMILES string of the molecule is CC1(C)OB(c2cnc(OCCCC3CCCCN3C(=O)C(O)CO)nc2)OC1(C)C. The highest BCUT2D eigenvalue weighted by atomic mass is 16.7. The molecule has 2 aliphatic heterocycles. The predicted octanol–water partition coefficient (Wildman–Crippen LogP) is 0.669. The summed E-state index contributed by atoms with van der Waals surface area (Å²) >= 11 is 0. The van der Waals surface area contributed by atoms with Crippen molar-refractivity contribution in [3.8, 4) is 6.01 Å². The van der Waals surface area contributed by atoms with Gasteiger partial charge in [0.1, 0.15) is 0 Å². The van der Waals surface area contributed by atoms with Crippen molar-refractivity contribution in [2.24, 2.45) is 0 Å². The molecule has 1 aromatic rings. The number of ether oxygens (including phenoxy) is 1. The number of carbonyl (C=O) groups is 1. The molecule has 0 bridgehead atoms. The minimum absolute atomic E-state index is 0.0534. The van der Waals surface area contributed by atoms with Crippen molar-refractivity contribution in [2.75, 3.05) is 19.8 Å². The first-order chi connectivity index (χ1) is 14.6. The zero-order chi connectivity index (χ0) is 22.6. The Morgan fingerprint density at radius 2 is 1.90 bits per heavy atom. The van der Waals surface area contributed by atoms with Crippen molar-refractivity contribution in [1.29, 1.82) is 0 Å². The van der Waals surface area contributed by atoms with Crippen molar-refractivity contribution < 1.29 is 29.1 Å². The summed E-state index contributed by atoms with van der Waals surface area (Å²) in [6, 6.07) is 0.338. The molecule has 10 heteroatoms. The first-order valence-electron chi connectivity index (χ1n) is 11.0. The van der Waals surface area contributed by atoms with Gasteiger partial charge in [-0.15, -0.1) is 0 Å². The molecule has 172 valence electrons. The zero-order valence-electron chi connectivity index (χ0n) is 18.9. The molecular weight excluding hydrogens is 401 g/mol. The summed E-state index contributed by atoms with van der Waals surface area (Å²) in [6.45, 7) is 8.48. The smallest absolute Gasteiger partial charge is 0.463 e. The molecule has 2 aliphatic rings. The lowest BCUT2D eigenvalue weighted by atomic mass is 9.81. The Balaban J connectivity index is 1.46. The van der Waals surface area contributed by atoms with Crippen LogP contribution in [-0.2, 0) is 14.1 Å². The maximum atomic E-state index is 12.3. The van der Waals surface area contributed by atoms with Crippen LogP contribution in [0.25, 0.3) is 0 Å². The number of amides is 1. The van der Waals surface area contributed by atoms with E-state index in [1.807, 2.05) is 27.7 Å². The number of piperidine rings is 1. The lowest BCUT2D eigenvalue weighted by Gasteiger charge is -2.36. The summed E-state index contributed by atoms with van der Waals surface area (Å²) in [4.78, 5) is 22.5. The molecule has 0 radical (unpaired) electrons. The Kier molecular flexibility index (Phi) is 7.57. The number of aromatic nitrogens is 2. The third kappa shape index (κ3) is 5.55. The van der Waals surface area contributed by atoms with Gasteiger partial charge in [-0.2, -0.15) is 0 Å². The van der Waals surface area contributed by atoms with Crippen LogP contribution in [0, 0.1) is 0 Å². The van der Waals surface area contributed by atoms with Gasteiger partial charge in [0.25, 0.3) is 5.91 Å². The number of carbonyl (C=O) groups excluding carboxylic acids is 1. The van der Waals surface area contributed by atoms with Crippen molar-refractivity contribution in [1.82, 2.24) is 14.9 Å². The number of rotatable bonds is 8. The number of likely N-dealkylation sites (tertiary alicyclic amines) is 1. The van der Waals surface area contributed by atoms with E-state index in [4.69, 9.17) is 19.2 Å². The van der Waals surface area contributed by atoms with Gasteiger partial charge in [-0.05, 0) is 59.8 Å². The molecule has 1 aromatic heterocycles. The van der Waals surface area contributed by atoms with E-state index in [0.717, 1.165) is 37.6 Å². The van der Waals surface area contributed by atoms with Crippen molar-refractivity contribution in [3.05, 3.63) is 12.4 Å². The summed E-state index contributed by atoms with van der Waals surface area (Å²) in [5.41, 5.74) is -0.104. The lowest BCUT2D eigenvalue weighted by molar-refractivity contribution is -0.146. The Morgan fingerprint density at radius 3 is 2.52 bits per heavy atom. The normalized spacial score (nSPS) is 23.6. The van der Waals surface area contributed by atoms with E-state index in [1.54, 1.807) is 17.3 Å². The molecule has 2 atom stereocenters. The first kappa shape index (κ1) is 23.9. The molecule has 2 saturated heterocycles. The first-order valence-corrected chi connectivity index (χ1v) is 11.0.